The maximum absolute atomic E-state index is 12.2. The Kier molecular flexibility index (Phi) is 4.43. The van der Waals surface area contributed by atoms with Crippen LogP contribution in [0.1, 0.15) is 10.4 Å². The number of para-hydroxylation sites is 2. The maximum Gasteiger partial charge on any atom is 0.252 e. The van der Waals surface area contributed by atoms with Crippen molar-refractivity contribution in [3.8, 4) is 11.4 Å². The predicted molar refractivity (Wildman–Crippen MR) is 102 cm³/mol. The van der Waals surface area contributed by atoms with Crippen LogP contribution in [-0.4, -0.2) is 27.0 Å². The standard InChI is InChI=1S/C21H18N4O/c26-21(17-9-6-12-22-15-17)23-13-14-25-19-11-5-4-10-18(19)24-20(25)16-7-2-1-3-8-16/h1-12,15H,13-14H2,(H,23,26). The monoisotopic (exact) mass is 342 g/mol. The maximum atomic E-state index is 12.2. The molecule has 1 amide bonds. The summed E-state index contributed by atoms with van der Waals surface area (Å²) in [5.41, 5.74) is 3.63. The number of aromatic nitrogens is 3. The number of imidazole rings is 1. The van der Waals surface area contributed by atoms with Crippen LogP contribution in [-0.2, 0) is 6.54 Å². The Balaban J connectivity index is 1.58. The summed E-state index contributed by atoms with van der Waals surface area (Å²) in [6.45, 7) is 1.14. The summed E-state index contributed by atoms with van der Waals surface area (Å²) < 4.78 is 2.15. The van der Waals surface area contributed by atoms with E-state index in [1.807, 2.05) is 48.5 Å². The second-order valence-electron chi connectivity index (χ2n) is 5.94. The van der Waals surface area contributed by atoms with Crippen molar-refractivity contribution < 1.29 is 4.79 Å². The molecule has 0 aliphatic heterocycles. The molecule has 2 heterocycles. The van der Waals surface area contributed by atoms with Crippen LogP contribution in [0.3, 0.4) is 0 Å². The summed E-state index contributed by atoms with van der Waals surface area (Å²) in [5, 5.41) is 2.95. The number of amides is 1. The lowest BCUT2D eigenvalue weighted by molar-refractivity contribution is 0.0952. The third kappa shape index (κ3) is 3.19. The van der Waals surface area contributed by atoms with Gasteiger partial charge in [0, 0.05) is 31.0 Å². The van der Waals surface area contributed by atoms with E-state index >= 15 is 0 Å². The summed E-state index contributed by atoms with van der Waals surface area (Å²) in [4.78, 5) is 21.0. The fraction of sp³-hybridized carbons (Fsp3) is 0.0952. The number of hydrogen-bond acceptors (Lipinski definition) is 3. The molecule has 0 aliphatic carbocycles. The summed E-state index contributed by atoms with van der Waals surface area (Å²) in [5.74, 6) is 0.784. The Morgan fingerprint density at radius 2 is 1.77 bits per heavy atom. The fourth-order valence-electron chi connectivity index (χ4n) is 2.99. The van der Waals surface area contributed by atoms with Crippen molar-refractivity contribution in [3.05, 3.63) is 84.7 Å². The van der Waals surface area contributed by atoms with E-state index in [4.69, 9.17) is 4.98 Å². The Morgan fingerprint density at radius 1 is 0.962 bits per heavy atom. The van der Waals surface area contributed by atoms with Gasteiger partial charge in [0.2, 0.25) is 0 Å². The first-order valence-corrected chi connectivity index (χ1v) is 8.52. The van der Waals surface area contributed by atoms with Gasteiger partial charge in [0.1, 0.15) is 5.82 Å². The number of hydrogen-bond donors (Lipinski definition) is 1. The average Bonchev–Trinajstić information content (AvgIpc) is 3.08. The largest absolute Gasteiger partial charge is 0.350 e. The highest BCUT2D eigenvalue weighted by Crippen LogP contribution is 2.24. The van der Waals surface area contributed by atoms with Gasteiger partial charge in [-0.05, 0) is 24.3 Å². The van der Waals surface area contributed by atoms with Crippen molar-refractivity contribution in [2.75, 3.05) is 6.54 Å². The first-order valence-electron chi connectivity index (χ1n) is 8.52. The summed E-state index contributed by atoms with van der Waals surface area (Å²) in [6.07, 6.45) is 3.22. The first-order chi connectivity index (χ1) is 12.8. The lowest BCUT2D eigenvalue weighted by atomic mass is 10.2. The predicted octanol–water partition coefficient (Wildman–Crippen LogP) is 3.53. The Hall–Kier alpha value is -3.47. The van der Waals surface area contributed by atoms with Crippen LogP contribution >= 0.6 is 0 Å². The smallest absolute Gasteiger partial charge is 0.252 e. The molecule has 0 bridgehead atoms. The van der Waals surface area contributed by atoms with Gasteiger partial charge in [-0.25, -0.2) is 4.98 Å². The molecule has 2 aromatic heterocycles. The molecule has 128 valence electrons. The van der Waals surface area contributed by atoms with Crippen LogP contribution in [0.25, 0.3) is 22.4 Å². The Labute approximate surface area is 151 Å². The van der Waals surface area contributed by atoms with Crippen molar-refractivity contribution in [2.24, 2.45) is 0 Å². The average molecular weight is 342 g/mol. The van der Waals surface area contributed by atoms with E-state index in [0.717, 1.165) is 22.4 Å². The molecule has 0 radical (unpaired) electrons. The quantitative estimate of drug-likeness (QED) is 0.603. The highest BCUT2D eigenvalue weighted by Gasteiger charge is 2.12. The number of benzene rings is 2. The molecule has 5 heteroatoms. The van der Waals surface area contributed by atoms with Crippen LogP contribution in [0, 0.1) is 0 Å². The van der Waals surface area contributed by atoms with E-state index in [2.05, 4.69) is 20.9 Å². The topological polar surface area (TPSA) is 59.8 Å². The lowest BCUT2D eigenvalue weighted by Crippen LogP contribution is -2.27. The number of nitrogens with zero attached hydrogens (tertiary/aromatic N) is 3. The van der Waals surface area contributed by atoms with Gasteiger partial charge in [0.25, 0.3) is 5.91 Å². The molecule has 1 N–H and O–H groups in total. The zero-order chi connectivity index (χ0) is 17.8. The fourth-order valence-corrected chi connectivity index (χ4v) is 2.99. The molecular weight excluding hydrogens is 324 g/mol. The molecule has 0 fully saturated rings. The second-order valence-corrected chi connectivity index (χ2v) is 5.94. The Bertz CT molecular complexity index is 1030. The van der Waals surface area contributed by atoms with Gasteiger partial charge in [-0.1, -0.05) is 42.5 Å². The van der Waals surface area contributed by atoms with E-state index in [0.29, 0.717) is 18.7 Å². The van der Waals surface area contributed by atoms with Crippen molar-refractivity contribution in [1.29, 1.82) is 0 Å². The van der Waals surface area contributed by atoms with E-state index < -0.39 is 0 Å². The zero-order valence-corrected chi connectivity index (χ0v) is 14.2. The van der Waals surface area contributed by atoms with Crippen molar-refractivity contribution in [1.82, 2.24) is 19.9 Å². The van der Waals surface area contributed by atoms with Crippen molar-refractivity contribution in [3.63, 3.8) is 0 Å². The van der Waals surface area contributed by atoms with Gasteiger partial charge in [-0.2, -0.15) is 0 Å². The summed E-state index contributed by atoms with van der Waals surface area (Å²) >= 11 is 0. The number of carbonyl (C=O) groups is 1. The van der Waals surface area contributed by atoms with Gasteiger partial charge in [0.15, 0.2) is 0 Å². The molecule has 5 nitrogen and oxygen atoms in total. The van der Waals surface area contributed by atoms with Crippen molar-refractivity contribution >= 4 is 16.9 Å². The van der Waals surface area contributed by atoms with Gasteiger partial charge in [-0.3, -0.25) is 9.78 Å². The number of fused-ring (bicyclic) bond motifs is 1. The van der Waals surface area contributed by atoms with Crippen LogP contribution < -0.4 is 5.32 Å². The van der Waals surface area contributed by atoms with E-state index in [9.17, 15) is 4.79 Å². The minimum Gasteiger partial charge on any atom is -0.350 e. The van der Waals surface area contributed by atoms with Crippen LogP contribution in [0.15, 0.2) is 79.1 Å². The van der Waals surface area contributed by atoms with Gasteiger partial charge in [0.05, 0.1) is 16.6 Å². The summed E-state index contributed by atoms with van der Waals surface area (Å²) in [7, 11) is 0. The van der Waals surface area contributed by atoms with E-state index in [1.54, 1.807) is 24.5 Å². The number of nitrogens with one attached hydrogen (secondary N) is 1. The van der Waals surface area contributed by atoms with Crippen LogP contribution in [0.5, 0.6) is 0 Å². The molecule has 0 unspecified atom stereocenters. The Morgan fingerprint density at radius 3 is 2.58 bits per heavy atom. The van der Waals surface area contributed by atoms with Gasteiger partial charge < -0.3 is 9.88 Å². The summed E-state index contributed by atoms with van der Waals surface area (Å²) in [6, 6.07) is 21.7. The van der Waals surface area contributed by atoms with E-state index in [1.165, 1.54) is 0 Å². The number of carbonyl (C=O) groups excluding carboxylic acids is 1. The molecule has 0 saturated heterocycles. The molecule has 0 saturated carbocycles. The third-order valence-electron chi connectivity index (χ3n) is 4.23. The number of rotatable bonds is 5. The minimum atomic E-state index is -0.121. The second kappa shape index (κ2) is 7.19. The molecule has 0 aliphatic rings. The van der Waals surface area contributed by atoms with Crippen LogP contribution in [0.4, 0.5) is 0 Å². The third-order valence-corrected chi connectivity index (χ3v) is 4.23. The molecule has 0 atom stereocenters. The van der Waals surface area contributed by atoms with Crippen molar-refractivity contribution in [2.45, 2.75) is 6.54 Å². The molecule has 4 rings (SSSR count). The molecule has 4 aromatic rings. The van der Waals surface area contributed by atoms with E-state index in [-0.39, 0.29) is 5.91 Å². The van der Waals surface area contributed by atoms with Gasteiger partial charge in [-0.15, -0.1) is 0 Å². The molecule has 26 heavy (non-hydrogen) atoms. The SMILES string of the molecule is O=C(NCCn1c(-c2ccccc2)nc2ccccc21)c1cccnc1. The highest BCUT2D eigenvalue weighted by molar-refractivity contribution is 5.93. The molecule has 0 spiro atoms. The molecule has 2 aromatic carbocycles. The van der Waals surface area contributed by atoms with Crippen LogP contribution in [0.2, 0.25) is 0 Å². The zero-order valence-electron chi connectivity index (χ0n) is 14.2. The molecular formula is C21H18N4O. The first kappa shape index (κ1) is 16.0. The minimum absolute atomic E-state index is 0.121. The van der Waals surface area contributed by atoms with Gasteiger partial charge >= 0.3 is 0 Å². The normalized spacial score (nSPS) is 10.8. The number of pyridine rings is 1. The lowest BCUT2D eigenvalue weighted by Gasteiger charge is -2.10. The highest BCUT2D eigenvalue weighted by atomic mass is 16.1.